The molecule has 124 valence electrons. The first-order valence-electron chi connectivity index (χ1n) is 8.31. The van der Waals surface area contributed by atoms with Crippen LogP contribution in [0.15, 0.2) is 54.6 Å². The van der Waals surface area contributed by atoms with Crippen LogP contribution in [-0.4, -0.2) is 24.4 Å². The van der Waals surface area contributed by atoms with Crippen LogP contribution in [0.3, 0.4) is 0 Å². The molecule has 1 fully saturated rings. The summed E-state index contributed by atoms with van der Waals surface area (Å²) < 4.78 is 0. The first-order chi connectivity index (χ1) is 11.5. The molecule has 3 rings (SSSR count). The van der Waals surface area contributed by atoms with Crippen molar-refractivity contribution in [2.24, 2.45) is 0 Å². The Hall–Kier alpha value is -2.62. The molecule has 2 amide bonds. The molecule has 0 aliphatic carbocycles. The van der Waals surface area contributed by atoms with Crippen molar-refractivity contribution < 1.29 is 9.59 Å². The third-order valence-corrected chi connectivity index (χ3v) is 4.37. The molecule has 0 spiro atoms. The van der Waals surface area contributed by atoms with Gasteiger partial charge in [-0.2, -0.15) is 0 Å². The minimum absolute atomic E-state index is 0.0432. The van der Waals surface area contributed by atoms with Crippen molar-refractivity contribution in [2.75, 3.05) is 11.4 Å². The van der Waals surface area contributed by atoms with Gasteiger partial charge in [-0.3, -0.25) is 9.59 Å². The summed E-state index contributed by atoms with van der Waals surface area (Å²) in [6.45, 7) is 4.76. The van der Waals surface area contributed by atoms with Gasteiger partial charge in [0.05, 0.1) is 6.04 Å². The van der Waals surface area contributed by atoms with Crippen molar-refractivity contribution in [2.45, 2.75) is 32.2 Å². The molecule has 1 unspecified atom stereocenters. The molecule has 2 aromatic carbocycles. The average Bonchev–Trinajstić information content (AvgIpc) is 2.96. The van der Waals surface area contributed by atoms with Crippen molar-refractivity contribution in [3.05, 3.63) is 65.7 Å². The van der Waals surface area contributed by atoms with E-state index in [2.05, 4.69) is 19.2 Å². The van der Waals surface area contributed by atoms with Gasteiger partial charge in [0.2, 0.25) is 5.91 Å². The van der Waals surface area contributed by atoms with Crippen molar-refractivity contribution in [1.82, 2.24) is 5.32 Å². The van der Waals surface area contributed by atoms with Gasteiger partial charge in [-0.05, 0) is 35.7 Å². The zero-order valence-corrected chi connectivity index (χ0v) is 14.0. The Morgan fingerprint density at radius 1 is 1.08 bits per heavy atom. The van der Waals surface area contributed by atoms with Crippen molar-refractivity contribution >= 4 is 17.5 Å². The standard InChI is InChI=1S/C20H22N2O2/c1-14(2)15-8-10-16(11-9-15)20(24)21-17-12-19(23)22(13-17)18-6-4-3-5-7-18/h3-11,14,17H,12-13H2,1-2H3,(H,21,24). The lowest BCUT2D eigenvalue weighted by Gasteiger charge is -2.17. The number of amides is 2. The quantitative estimate of drug-likeness (QED) is 0.938. The van der Waals surface area contributed by atoms with Crippen molar-refractivity contribution in [3.63, 3.8) is 0 Å². The van der Waals surface area contributed by atoms with Crippen LogP contribution in [0, 0.1) is 0 Å². The molecular formula is C20H22N2O2. The summed E-state index contributed by atoms with van der Waals surface area (Å²) in [6, 6.07) is 17.0. The van der Waals surface area contributed by atoms with Crippen molar-refractivity contribution in [1.29, 1.82) is 0 Å². The summed E-state index contributed by atoms with van der Waals surface area (Å²) in [5.74, 6) is 0.355. The second kappa shape index (κ2) is 6.87. The molecule has 1 aliphatic rings. The molecule has 0 radical (unpaired) electrons. The number of rotatable bonds is 4. The molecule has 1 N–H and O–H groups in total. The Morgan fingerprint density at radius 2 is 1.75 bits per heavy atom. The van der Waals surface area contributed by atoms with Gasteiger partial charge in [0.15, 0.2) is 0 Å². The predicted octanol–water partition coefficient (Wildman–Crippen LogP) is 3.35. The summed E-state index contributed by atoms with van der Waals surface area (Å²) in [5.41, 5.74) is 2.71. The Bertz CT molecular complexity index is 723. The summed E-state index contributed by atoms with van der Waals surface area (Å²) in [5, 5.41) is 2.97. The topological polar surface area (TPSA) is 49.4 Å². The van der Waals surface area contributed by atoms with Crippen LogP contribution >= 0.6 is 0 Å². The Labute approximate surface area is 142 Å². The number of para-hydroxylation sites is 1. The van der Waals surface area contributed by atoms with Gasteiger partial charge >= 0.3 is 0 Å². The van der Waals surface area contributed by atoms with Gasteiger partial charge in [0, 0.05) is 24.2 Å². The van der Waals surface area contributed by atoms with Gasteiger partial charge in [-0.15, -0.1) is 0 Å². The highest BCUT2D eigenvalue weighted by molar-refractivity contribution is 5.98. The van der Waals surface area contributed by atoms with Crippen LogP contribution in [0.1, 0.15) is 42.1 Å². The van der Waals surface area contributed by atoms with E-state index in [1.54, 1.807) is 4.90 Å². The van der Waals surface area contributed by atoms with Crippen LogP contribution < -0.4 is 10.2 Å². The lowest BCUT2D eigenvalue weighted by molar-refractivity contribution is -0.117. The van der Waals surface area contributed by atoms with E-state index in [0.717, 1.165) is 5.69 Å². The molecule has 4 nitrogen and oxygen atoms in total. The van der Waals surface area contributed by atoms with E-state index in [-0.39, 0.29) is 17.9 Å². The molecule has 0 bridgehead atoms. The van der Waals surface area contributed by atoms with E-state index >= 15 is 0 Å². The molecule has 1 heterocycles. The maximum Gasteiger partial charge on any atom is 0.251 e. The fourth-order valence-corrected chi connectivity index (χ4v) is 2.95. The van der Waals surface area contributed by atoms with Crippen LogP contribution in [0.5, 0.6) is 0 Å². The Morgan fingerprint density at radius 3 is 2.38 bits per heavy atom. The third-order valence-electron chi connectivity index (χ3n) is 4.37. The highest BCUT2D eigenvalue weighted by Gasteiger charge is 2.31. The van der Waals surface area contributed by atoms with E-state index in [0.29, 0.717) is 24.4 Å². The molecular weight excluding hydrogens is 300 g/mol. The SMILES string of the molecule is CC(C)c1ccc(C(=O)NC2CC(=O)N(c3ccccc3)C2)cc1. The number of benzene rings is 2. The van der Waals surface area contributed by atoms with Crippen molar-refractivity contribution in [3.8, 4) is 0 Å². The molecule has 2 aromatic rings. The zero-order chi connectivity index (χ0) is 17.1. The van der Waals surface area contributed by atoms with Crippen LogP contribution in [0.2, 0.25) is 0 Å². The van der Waals surface area contributed by atoms with Gasteiger partial charge < -0.3 is 10.2 Å². The van der Waals surface area contributed by atoms with Gasteiger partial charge in [0.25, 0.3) is 5.91 Å². The Balaban J connectivity index is 1.64. The number of hydrogen-bond donors (Lipinski definition) is 1. The van der Waals surface area contributed by atoms with E-state index < -0.39 is 0 Å². The van der Waals surface area contributed by atoms with Gasteiger partial charge in [0.1, 0.15) is 0 Å². The molecule has 0 saturated carbocycles. The van der Waals surface area contributed by atoms with E-state index in [1.165, 1.54) is 5.56 Å². The lowest BCUT2D eigenvalue weighted by atomic mass is 10.0. The van der Waals surface area contributed by atoms with Crippen LogP contribution in [-0.2, 0) is 4.79 Å². The molecule has 0 aromatic heterocycles. The number of nitrogens with zero attached hydrogens (tertiary/aromatic N) is 1. The van der Waals surface area contributed by atoms with E-state index in [9.17, 15) is 9.59 Å². The fraction of sp³-hybridized carbons (Fsp3) is 0.300. The summed E-state index contributed by atoms with van der Waals surface area (Å²) in [6.07, 6.45) is 0.338. The molecule has 24 heavy (non-hydrogen) atoms. The normalized spacial score (nSPS) is 17.4. The van der Waals surface area contributed by atoms with Crippen LogP contribution in [0.4, 0.5) is 5.69 Å². The minimum Gasteiger partial charge on any atom is -0.347 e. The Kier molecular flexibility index (Phi) is 4.65. The number of hydrogen-bond acceptors (Lipinski definition) is 2. The molecule has 1 aliphatic heterocycles. The first-order valence-corrected chi connectivity index (χ1v) is 8.31. The fourth-order valence-electron chi connectivity index (χ4n) is 2.95. The number of nitrogens with one attached hydrogen (secondary N) is 1. The largest absolute Gasteiger partial charge is 0.347 e. The maximum absolute atomic E-state index is 12.4. The van der Waals surface area contributed by atoms with E-state index in [1.807, 2.05) is 54.6 Å². The third kappa shape index (κ3) is 3.48. The number of carbonyl (C=O) groups is 2. The molecule has 1 saturated heterocycles. The highest BCUT2D eigenvalue weighted by atomic mass is 16.2. The first kappa shape index (κ1) is 16.2. The summed E-state index contributed by atoms with van der Waals surface area (Å²) in [7, 11) is 0. The van der Waals surface area contributed by atoms with Gasteiger partial charge in [-0.25, -0.2) is 0 Å². The number of anilines is 1. The maximum atomic E-state index is 12.4. The average molecular weight is 322 g/mol. The lowest BCUT2D eigenvalue weighted by Crippen LogP contribution is -2.37. The molecule has 1 atom stereocenters. The minimum atomic E-state index is -0.157. The summed E-state index contributed by atoms with van der Waals surface area (Å²) >= 11 is 0. The smallest absolute Gasteiger partial charge is 0.251 e. The second-order valence-corrected chi connectivity index (χ2v) is 6.49. The highest BCUT2D eigenvalue weighted by Crippen LogP contribution is 2.21. The monoisotopic (exact) mass is 322 g/mol. The van der Waals surface area contributed by atoms with Gasteiger partial charge in [-0.1, -0.05) is 44.2 Å². The second-order valence-electron chi connectivity index (χ2n) is 6.49. The molecule has 4 heteroatoms. The predicted molar refractivity (Wildman–Crippen MR) is 95.2 cm³/mol. The summed E-state index contributed by atoms with van der Waals surface area (Å²) in [4.78, 5) is 26.3. The van der Waals surface area contributed by atoms with E-state index in [4.69, 9.17) is 0 Å². The number of carbonyl (C=O) groups excluding carboxylic acids is 2. The zero-order valence-electron chi connectivity index (χ0n) is 14.0. The van der Waals surface area contributed by atoms with Crippen LogP contribution in [0.25, 0.3) is 0 Å².